The lowest BCUT2D eigenvalue weighted by Crippen LogP contribution is -2.53. The number of nitro groups is 1. The number of nitrogens with zero attached hydrogens (tertiary/aromatic N) is 3. The molecule has 228 valence electrons. The fourth-order valence-corrected chi connectivity index (χ4v) is 6.56. The van der Waals surface area contributed by atoms with E-state index in [2.05, 4.69) is 5.32 Å². The Kier molecular flexibility index (Phi) is 10.4. The number of rotatable bonds is 12. The quantitative estimate of drug-likeness (QED) is 0.233. The van der Waals surface area contributed by atoms with Gasteiger partial charge < -0.3 is 15.0 Å². The molecule has 0 unspecified atom stereocenters. The maximum atomic E-state index is 14.1. The Hall–Kier alpha value is -4.45. The van der Waals surface area contributed by atoms with Gasteiger partial charge in [0.25, 0.3) is 15.7 Å². The average molecular weight is 609 g/mol. The van der Waals surface area contributed by atoms with E-state index in [-0.39, 0.29) is 34.8 Å². The summed E-state index contributed by atoms with van der Waals surface area (Å²) >= 11 is 0. The van der Waals surface area contributed by atoms with Crippen LogP contribution in [0, 0.1) is 10.1 Å². The van der Waals surface area contributed by atoms with Crippen molar-refractivity contribution in [3.8, 4) is 5.75 Å². The molecule has 0 heterocycles. The summed E-state index contributed by atoms with van der Waals surface area (Å²) in [5, 5.41) is 14.6. The van der Waals surface area contributed by atoms with Crippen LogP contribution in [0.5, 0.6) is 5.75 Å². The molecule has 4 rings (SSSR count). The van der Waals surface area contributed by atoms with Gasteiger partial charge in [-0.3, -0.25) is 24.0 Å². The van der Waals surface area contributed by atoms with Crippen molar-refractivity contribution in [3.05, 3.63) is 94.5 Å². The molecule has 1 fully saturated rings. The number of hydrogen-bond acceptors (Lipinski definition) is 7. The van der Waals surface area contributed by atoms with Crippen LogP contribution in [0.25, 0.3) is 0 Å². The first-order valence-electron chi connectivity index (χ1n) is 14.1. The second-order valence-corrected chi connectivity index (χ2v) is 12.4. The normalized spacial score (nSPS) is 14.4. The second-order valence-electron chi connectivity index (χ2n) is 10.5. The third-order valence-electron chi connectivity index (χ3n) is 7.54. The molecule has 0 aliphatic heterocycles. The first-order valence-corrected chi connectivity index (χ1v) is 15.6. The van der Waals surface area contributed by atoms with Crippen LogP contribution in [0.15, 0.2) is 83.8 Å². The maximum Gasteiger partial charge on any atom is 0.271 e. The number of carbonyl (C=O) groups is 2. The summed E-state index contributed by atoms with van der Waals surface area (Å²) in [4.78, 5) is 39.7. The average Bonchev–Trinajstić information content (AvgIpc) is 3.03. The molecule has 3 aromatic carbocycles. The van der Waals surface area contributed by atoms with Crippen molar-refractivity contribution in [2.24, 2.45) is 0 Å². The number of ether oxygens (including phenoxy) is 1. The molecule has 1 N–H and O–H groups in total. The number of nitro benzene ring substituents is 1. The highest BCUT2D eigenvalue weighted by Gasteiger charge is 2.33. The van der Waals surface area contributed by atoms with E-state index >= 15 is 0 Å². The molecule has 0 radical (unpaired) electrons. The van der Waals surface area contributed by atoms with Crippen molar-refractivity contribution in [2.45, 2.75) is 62.6 Å². The lowest BCUT2D eigenvalue weighted by molar-refractivity contribution is -0.384. The summed E-state index contributed by atoms with van der Waals surface area (Å²) in [5.74, 6) is -0.426. The molecule has 0 aromatic heterocycles. The van der Waals surface area contributed by atoms with Crippen molar-refractivity contribution in [3.63, 3.8) is 0 Å². The molecule has 1 aliphatic carbocycles. The third-order valence-corrected chi connectivity index (χ3v) is 9.33. The standard InChI is InChI=1S/C31H36N4O7S/c1-23(31(37)32-25-12-5-3-6-13-25)33(21-24-11-9-16-28(19-24)42-2)30(36)22-34(26-14-10-15-27(20-26)35(38)39)43(40,41)29-17-7-4-8-18-29/h4,7-11,14-20,23,25H,3,5-6,12-13,21-22H2,1-2H3,(H,32,37)/t23-/m0/s1. The van der Waals surface area contributed by atoms with Crippen LogP contribution < -0.4 is 14.4 Å². The zero-order chi connectivity index (χ0) is 31.0. The van der Waals surface area contributed by atoms with Crippen LogP contribution in [-0.2, 0) is 26.2 Å². The molecule has 0 saturated heterocycles. The van der Waals surface area contributed by atoms with Crippen molar-refractivity contribution in [2.75, 3.05) is 18.0 Å². The molecule has 11 nitrogen and oxygen atoms in total. The van der Waals surface area contributed by atoms with Gasteiger partial charge in [0.15, 0.2) is 0 Å². The number of carbonyl (C=O) groups excluding carboxylic acids is 2. The van der Waals surface area contributed by atoms with Gasteiger partial charge in [0, 0.05) is 24.7 Å². The summed E-state index contributed by atoms with van der Waals surface area (Å²) in [5.41, 5.74) is 0.302. The number of methoxy groups -OCH3 is 1. The number of non-ortho nitro benzene ring substituents is 1. The summed E-state index contributed by atoms with van der Waals surface area (Å²) in [7, 11) is -2.81. The largest absolute Gasteiger partial charge is 0.497 e. The van der Waals surface area contributed by atoms with Gasteiger partial charge in [-0.15, -0.1) is 0 Å². The maximum absolute atomic E-state index is 14.1. The van der Waals surface area contributed by atoms with Gasteiger partial charge in [-0.25, -0.2) is 8.42 Å². The van der Waals surface area contributed by atoms with Crippen molar-refractivity contribution in [1.29, 1.82) is 0 Å². The fourth-order valence-electron chi connectivity index (χ4n) is 5.13. The molecular weight excluding hydrogens is 572 g/mol. The Labute approximate surface area is 251 Å². The number of benzene rings is 3. The molecule has 0 bridgehead atoms. The van der Waals surface area contributed by atoms with Gasteiger partial charge in [0.1, 0.15) is 18.3 Å². The summed E-state index contributed by atoms with van der Waals surface area (Å²) in [6.45, 7) is 0.923. The van der Waals surface area contributed by atoms with Gasteiger partial charge in [-0.1, -0.05) is 55.7 Å². The van der Waals surface area contributed by atoms with Crippen LogP contribution in [0.4, 0.5) is 11.4 Å². The highest BCUT2D eigenvalue weighted by atomic mass is 32.2. The minimum atomic E-state index is -4.33. The van der Waals surface area contributed by atoms with Crippen molar-refractivity contribution < 1.29 is 27.7 Å². The molecule has 1 saturated carbocycles. The van der Waals surface area contributed by atoms with E-state index in [9.17, 15) is 28.1 Å². The fraction of sp³-hybridized carbons (Fsp3) is 0.355. The highest BCUT2D eigenvalue weighted by molar-refractivity contribution is 7.92. The molecule has 0 spiro atoms. The molecular formula is C31H36N4O7S. The second kappa shape index (κ2) is 14.1. The van der Waals surface area contributed by atoms with Crippen LogP contribution in [0.3, 0.4) is 0 Å². The Morgan fingerprint density at radius 3 is 2.37 bits per heavy atom. The number of anilines is 1. The van der Waals surface area contributed by atoms with E-state index in [0.29, 0.717) is 11.3 Å². The van der Waals surface area contributed by atoms with Crippen LogP contribution in [0.2, 0.25) is 0 Å². The first-order chi connectivity index (χ1) is 20.6. The van der Waals surface area contributed by atoms with Gasteiger partial charge in [0.05, 0.1) is 22.6 Å². The monoisotopic (exact) mass is 608 g/mol. The number of hydrogen-bond donors (Lipinski definition) is 1. The Balaban J connectivity index is 1.71. The van der Waals surface area contributed by atoms with Gasteiger partial charge in [-0.2, -0.15) is 0 Å². The minimum Gasteiger partial charge on any atom is -0.497 e. The van der Waals surface area contributed by atoms with E-state index in [1.54, 1.807) is 49.4 Å². The van der Waals surface area contributed by atoms with Gasteiger partial charge in [0.2, 0.25) is 11.8 Å². The molecule has 1 atom stereocenters. The smallest absolute Gasteiger partial charge is 0.271 e. The Bertz CT molecular complexity index is 1540. The van der Waals surface area contributed by atoms with E-state index in [0.717, 1.165) is 42.5 Å². The molecule has 2 amide bonds. The lowest BCUT2D eigenvalue weighted by atomic mass is 9.95. The summed E-state index contributed by atoms with van der Waals surface area (Å²) in [6, 6.07) is 18.8. The number of amides is 2. The van der Waals surface area contributed by atoms with E-state index in [1.807, 2.05) is 0 Å². The summed E-state index contributed by atoms with van der Waals surface area (Å²) < 4.78 is 33.9. The SMILES string of the molecule is COc1cccc(CN(C(=O)CN(c2cccc([N+](=O)[O-])c2)S(=O)(=O)c2ccccc2)[C@@H](C)C(=O)NC2CCCCC2)c1. The lowest BCUT2D eigenvalue weighted by Gasteiger charge is -2.33. The van der Waals surface area contributed by atoms with Crippen molar-refractivity contribution in [1.82, 2.24) is 10.2 Å². The highest BCUT2D eigenvalue weighted by Crippen LogP contribution is 2.28. The Morgan fingerprint density at radius 2 is 1.70 bits per heavy atom. The number of sulfonamides is 1. The van der Waals surface area contributed by atoms with E-state index < -0.39 is 33.4 Å². The molecule has 1 aliphatic rings. The Morgan fingerprint density at radius 1 is 1.00 bits per heavy atom. The summed E-state index contributed by atoms with van der Waals surface area (Å²) in [6.07, 6.45) is 4.87. The van der Waals surface area contributed by atoms with Crippen molar-refractivity contribution >= 4 is 33.2 Å². The number of nitrogens with one attached hydrogen (secondary N) is 1. The third kappa shape index (κ3) is 7.89. The van der Waals surface area contributed by atoms with Crippen LogP contribution in [0.1, 0.15) is 44.6 Å². The zero-order valence-corrected chi connectivity index (χ0v) is 25.0. The predicted molar refractivity (Wildman–Crippen MR) is 162 cm³/mol. The van der Waals surface area contributed by atoms with Crippen LogP contribution >= 0.6 is 0 Å². The molecule has 43 heavy (non-hydrogen) atoms. The molecule has 12 heteroatoms. The predicted octanol–water partition coefficient (Wildman–Crippen LogP) is 4.66. The van der Waals surface area contributed by atoms with E-state index in [1.165, 1.54) is 42.3 Å². The minimum absolute atomic E-state index is 0.00342. The van der Waals surface area contributed by atoms with Gasteiger partial charge in [-0.05, 0) is 55.7 Å². The van der Waals surface area contributed by atoms with Crippen LogP contribution in [-0.4, -0.2) is 55.8 Å². The van der Waals surface area contributed by atoms with E-state index in [4.69, 9.17) is 4.74 Å². The first kappa shape index (κ1) is 31.5. The van der Waals surface area contributed by atoms with Gasteiger partial charge >= 0.3 is 0 Å². The molecule has 3 aromatic rings. The zero-order valence-electron chi connectivity index (χ0n) is 24.2. The topological polar surface area (TPSA) is 139 Å².